The highest BCUT2D eigenvalue weighted by atomic mass is 32.2. The van der Waals surface area contributed by atoms with E-state index in [-0.39, 0.29) is 36.1 Å². The molecule has 3 amide bonds. The molecule has 0 aliphatic carbocycles. The van der Waals surface area contributed by atoms with E-state index >= 15 is 0 Å². The third-order valence-electron chi connectivity index (χ3n) is 4.49. The van der Waals surface area contributed by atoms with E-state index in [4.69, 9.17) is 0 Å². The molecular formula is C22H22N2O3S. The Labute approximate surface area is 168 Å². The number of amides is 3. The normalized spacial score (nSPS) is 16.5. The average molecular weight is 394 g/mol. The molecule has 1 saturated heterocycles. The predicted molar refractivity (Wildman–Crippen MR) is 112 cm³/mol. The van der Waals surface area contributed by atoms with Crippen molar-refractivity contribution in [2.45, 2.75) is 19.3 Å². The summed E-state index contributed by atoms with van der Waals surface area (Å²) in [4.78, 5) is 38.3. The zero-order chi connectivity index (χ0) is 19.9. The lowest BCUT2D eigenvalue weighted by atomic mass is 9.98. The van der Waals surface area contributed by atoms with Crippen LogP contribution in [-0.2, 0) is 9.59 Å². The van der Waals surface area contributed by atoms with Gasteiger partial charge in [-0.2, -0.15) is 0 Å². The Morgan fingerprint density at radius 3 is 2.39 bits per heavy atom. The number of carbonyl (C=O) groups is 3. The first kappa shape index (κ1) is 19.9. The summed E-state index contributed by atoms with van der Waals surface area (Å²) in [7, 11) is 0. The summed E-state index contributed by atoms with van der Waals surface area (Å²) in [6.07, 6.45) is 2.07. The number of thioether (sulfide) groups is 1. The van der Waals surface area contributed by atoms with Gasteiger partial charge in [0, 0.05) is 19.5 Å². The third-order valence-corrected chi connectivity index (χ3v) is 5.40. The van der Waals surface area contributed by atoms with Crippen molar-refractivity contribution in [2.75, 3.05) is 13.1 Å². The number of carbonyl (C=O) groups excluding carboxylic acids is 3. The van der Waals surface area contributed by atoms with Crippen molar-refractivity contribution in [3.8, 4) is 0 Å². The topological polar surface area (TPSA) is 66.5 Å². The highest BCUT2D eigenvalue weighted by Gasteiger charge is 2.34. The van der Waals surface area contributed by atoms with E-state index in [2.05, 4.69) is 5.32 Å². The molecule has 2 aromatic rings. The van der Waals surface area contributed by atoms with Gasteiger partial charge >= 0.3 is 0 Å². The van der Waals surface area contributed by atoms with Crippen molar-refractivity contribution in [3.63, 3.8) is 0 Å². The molecule has 5 nitrogen and oxygen atoms in total. The van der Waals surface area contributed by atoms with Gasteiger partial charge in [-0.25, -0.2) is 0 Å². The van der Waals surface area contributed by atoms with Crippen LogP contribution < -0.4 is 5.32 Å². The number of nitrogens with one attached hydrogen (secondary N) is 1. The van der Waals surface area contributed by atoms with Crippen LogP contribution in [0.25, 0.3) is 6.08 Å². The number of rotatable bonds is 7. The van der Waals surface area contributed by atoms with Crippen LogP contribution in [0, 0.1) is 0 Å². The minimum atomic E-state index is -0.314. The summed E-state index contributed by atoms with van der Waals surface area (Å²) in [5.74, 6) is -0.305. The van der Waals surface area contributed by atoms with E-state index in [0.717, 1.165) is 22.9 Å². The smallest absolute Gasteiger partial charge is 0.293 e. The first-order chi connectivity index (χ1) is 13.5. The van der Waals surface area contributed by atoms with Crippen molar-refractivity contribution in [3.05, 3.63) is 76.7 Å². The van der Waals surface area contributed by atoms with E-state index in [1.54, 1.807) is 6.08 Å². The molecule has 0 spiro atoms. The van der Waals surface area contributed by atoms with Gasteiger partial charge in [-0.05, 0) is 34.9 Å². The van der Waals surface area contributed by atoms with Gasteiger partial charge in [0.1, 0.15) is 0 Å². The first-order valence-corrected chi connectivity index (χ1v) is 9.98. The van der Waals surface area contributed by atoms with E-state index in [1.165, 1.54) is 4.90 Å². The van der Waals surface area contributed by atoms with E-state index in [1.807, 2.05) is 67.6 Å². The summed E-state index contributed by atoms with van der Waals surface area (Å²) in [6.45, 7) is 2.42. The molecule has 144 valence electrons. The zero-order valence-corrected chi connectivity index (χ0v) is 16.4. The van der Waals surface area contributed by atoms with Crippen molar-refractivity contribution in [2.24, 2.45) is 0 Å². The minimum absolute atomic E-state index is 0.0943. The van der Waals surface area contributed by atoms with Crippen LogP contribution in [0.3, 0.4) is 0 Å². The molecule has 0 bridgehead atoms. The van der Waals surface area contributed by atoms with Crippen molar-refractivity contribution >= 4 is 34.9 Å². The fraction of sp³-hybridized carbons (Fsp3) is 0.227. The molecule has 28 heavy (non-hydrogen) atoms. The van der Waals surface area contributed by atoms with E-state index < -0.39 is 0 Å². The second-order valence-electron chi connectivity index (χ2n) is 6.61. The van der Waals surface area contributed by atoms with Crippen LogP contribution in [0.5, 0.6) is 0 Å². The van der Waals surface area contributed by atoms with Crippen LogP contribution in [0.1, 0.15) is 30.4 Å². The average Bonchev–Trinajstić information content (AvgIpc) is 2.96. The molecular weight excluding hydrogens is 372 g/mol. The van der Waals surface area contributed by atoms with Gasteiger partial charge in [0.2, 0.25) is 5.91 Å². The third kappa shape index (κ3) is 5.10. The molecule has 1 fully saturated rings. The number of benzene rings is 2. The number of hydrogen-bond donors (Lipinski definition) is 1. The molecule has 1 heterocycles. The Balaban J connectivity index is 1.49. The maximum absolute atomic E-state index is 12.5. The summed E-state index contributed by atoms with van der Waals surface area (Å²) < 4.78 is 0. The van der Waals surface area contributed by atoms with Gasteiger partial charge in [-0.1, -0.05) is 67.6 Å². The molecule has 0 radical (unpaired) electrons. The molecule has 1 atom stereocenters. The minimum Gasteiger partial charge on any atom is -0.354 e. The Kier molecular flexibility index (Phi) is 6.66. The molecule has 0 aromatic heterocycles. The second-order valence-corrected chi connectivity index (χ2v) is 7.60. The maximum atomic E-state index is 12.5. The standard InChI is InChI=1S/C22H22N2O3S/c1-16(18-10-6-3-7-11-18)14-20(25)23-12-13-24-21(26)19(28-22(24)27)15-17-8-4-2-5-9-17/h2-11,15-16H,12-14H2,1H3,(H,23,25)/b19-15-. The van der Waals surface area contributed by atoms with Crippen LogP contribution in [0.15, 0.2) is 65.6 Å². The molecule has 1 unspecified atom stereocenters. The lowest BCUT2D eigenvalue weighted by Gasteiger charge is -2.15. The Bertz CT molecular complexity index is 881. The number of hydrogen-bond acceptors (Lipinski definition) is 4. The Hall–Kier alpha value is -2.86. The fourth-order valence-electron chi connectivity index (χ4n) is 2.95. The van der Waals surface area contributed by atoms with Crippen molar-refractivity contribution in [1.29, 1.82) is 0 Å². The summed E-state index contributed by atoms with van der Waals surface area (Å²) in [5, 5.41) is 2.50. The van der Waals surface area contributed by atoms with Gasteiger partial charge < -0.3 is 5.32 Å². The lowest BCUT2D eigenvalue weighted by molar-refractivity contribution is -0.124. The van der Waals surface area contributed by atoms with Gasteiger partial charge in [-0.3, -0.25) is 19.3 Å². The molecule has 3 rings (SSSR count). The second kappa shape index (κ2) is 9.37. The van der Waals surface area contributed by atoms with Gasteiger partial charge in [-0.15, -0.1) is 0 Å². The number of imide groups is 1. The number of nitrogens with zero attached hydrogens (tertiary/aromatic N) is 1. The van der Waals surface area contributed by atoms with E-state index in [0.29, 0.717) is 11.3 Å². The summed E-state index contributed by atoms with van der Waals surface area (Å²) in [6, 6.07) is 19.2. The predicted octanol–water partition coefficient (Wildman–Crippen LogP) is 4.03. The van der Waals surface area contributed by atoms with Crippen LogP contribution in [0.4, 0.5) is 4.79 Å². The van der Waals surface area contributed by atoms with Crippen LogP contribution in [0.2, 0.25) is 0 Å². The molecule has 0 saturated carbocycles. The lowest BCUT2D eigenvalue weighted by Crippen LogP contribution is -2.37. The van der Waals surface area contributed by atoms with Crippen molar-refractivity contribution < 1.29 is 14.4 Å². The van der Waals surface area contributed by atoms with E-state index in [9.17, 15) is 14.4 Å². The molecule has 6 heteroatoms. The largest absolute Gasteiger partial charge is 0.354 e. The first-order valence-electron chi connectivity index (χ1n) is 9.16. The highest BCUT2D eigenvalue weighted by Crippen LogP contribution is 2.31. The van der Waals surface area contributed by atoms with Gasteiger partial charge in [0.25, 0.3) is 11.1 Å². The monoisotopic (exact) mass is 394 g/mol. The molecule has 1 N–H and O–H groups in total. The fourth-order valence-corrected chi connectivity index (χ4v) is 3.82. The molecule has 1 aliphatic heterocycles. The van der Waals surface area contributed by atoms with Gasteiger partial charge in [0.15, 0.2) is 0 Å². The van der Waals surface area contributed by atoms with Gasteiger partial charge in [0.05, 0.1) is 4.91 Å². The SMILES string of the molecule is CC(CC(=O)NCCN1C(=O)S/C(=C\c2ccccc2)C1=O)c1ccccc1. The van der Waals surface area contributed by atoms with Crippen LogP contribution in [-0.4, -0.2) is 35.0 Å². The quantitative estimate of drug-likeness (QED) is 0.720. The summed E-state index contributed by atoms with van der Waals surface area (Å²) >= 11 is 0.929. The zero-order valence-electron chi connectivity index (χ0n) is 15.6. The Morgan fingerprint density at radius 2 is 1.71 bits per heavy atom. The van der Waals surface area contributed by atoms with Crippen LogP contribution >= 0.6 is 11.8 Å². The molecule has 2 aromatic carbocycles. The summed E-state index contributed by atoms with van der Waals surface area (Å²) in [5.41, 5.74) is 1.98. The Morgan fingerprint density at radius 1 is 1.07 bits per heavy atom. The molecule has 1 aliphatic rings. The van der Waals surface area contributed by atoms with Crippen molar-refractivity contribution in [1.82, 2.24) is 10.2 Å². The maximum Gasteiger partial charge on any atom is 0.293 e. The highest BCUT2D eigenvalue weighted by molar-refractivity contribution is 8.18.